The van der Waals surface area contributed by atoms with Gasteiger partial charge in [-0.15, -0.1) is 0 Å². The van der Waals surface area contributed by atoms with Crippen molar-refractivity contribution in [2.24, 2.45) is 5.92 Å². The molecule has 1 saturated heterocycles. The van der Waals surface area contributed by atoms with Gasteiger partial charge in [0.25, 0.3) is 0 Å². The third-order valence-electron chi connectivity index (χ3n) is 3.87. The van der Waals surface area contributed by atoms with Gasteiger partial charge in [-0.3, -0.25) is 9.59 Å². The number of carbonyl (C=O) groups is 3. The molecule has 0 radical (unpaired) electrons. The molecule has 138 valence electrons. The summed E-state index contributed by atoms with van der Waals surface area (Å²) in [7, 11) is 0. The maximum Gasteiger partial charge on any atom is 0.329 e. The maximum absolute atomic E-state index is 12.6. The van der Waals surface area contributed by atoms with Gasteiger partial charge in [-0.05, 0) is 25.5 Å². The van der Waals surface area contributed by atoms with Crippen LogP contribution in [0.3, 0.4) is 0 Å². The van der Waals surface area contributed by atoms with E-state index in [1.54, 1.807) is 18.7 Å². The first-order valence-corrected chi connectivity index (χ1v) is 10.9. The van der Waals surface area contributed by atoms with Crippen LogP contribution in [0.1, 0.15) is 52.4 Å². The van der Waals surface area contributed by atoms with E-state index < -0.39 is 6.04 Å². The van der Waals surface area contributed by atoms with Gasteiger partial charge < -0.3 is 10.1 Å². The molecule has 0 aromatic rings. The number of hydrogen-bond donors (Lipinski definition) is 1. The Balaban J connectivity index is 2.74. The standard InChI is InChI=1S/C17H29NO4S2/c1-3-22-17(21)15-12-23-10-8-6-4-5-7-9-14(16(20)18-15)11-24-13(2)19/h14-15H,3-12H2,1-2H3,(H,18,20). The van der Waals surface area contributed by atoms with Crippen LogP contribution in [-0.2, 0) is 19.1 Å². The molecule has 7 heteroatoms. The van der Waals surface area contributed by atoms with Gasteiger partial charge in [-0.2, -0.15) is 11.8 Å². The number of esters is 1. The summed E-state index contributed by atoms with van der Waals surface area (Å²) >= 11 is 2.87. The summed E-state index contributed by atoms with van der Waals surface area (Å²) in [6.07, 6.45) is 6.35. The van der Waals surface area contributed by atoms with Gasteiger partial charge >= 0.3 is 5.97 Å². The molecule has 1 heterocycles. The number of thioether (sulfide) groups is 2. The fraction of sp³-hybridized carbons (Fsp3) is 0.824. The summed E-state index contributed by atoms with van der Waals surface area (Å²) in [4.78, 5) is 35.9. The van der Waals surface area contributed by atoms with Crippen molar-refractivity contribution in [1.82, 2.24) is 5.32 Å². The smallest absolute Gasteiger partial charge is 0.329 e. The zero-order chi connectivity index (χ0) is 17.8. The molecule has 0 aromatic carbocycles. The molecule has 1 fully saturated rings. The van der Waals surface area contributed by atoms with Crippen LogP contribution in [0.25, 0.3) is 0 Å². The van der Waals surface area contributed by atoms with Gasteiger partial charge in [0.15, 0.2) is 5.12 Å². The lowest BCUT2D eigenvalue weighted by Gasteiger charge is -2.21. The molecule has 1 amide bonds. The topological polar surface area (TPSA) is 72.5 Å². The summed E-state index contributed by atoms with van der Waals surface area (Å²) in [5.74, 6) is 1.27. The van der Waals surface area contributed by atoms with E-state index in [-0.39, 0.29) is 22.9 Å². The molecular weight excluding hydrogens is 346 g/mol. The Labute approximate surface area is 153 Å². The van der Waals surface area contributed by atoms with Crippen LogP contribution in [0.15, 0.2) is 0 Å². The van der Waals surface area contributed by atoms with Gasteiger partial charge in [0, 0.05) is 24.3 Å². The first-order valence-electron chi connectivity index (χ1n) is 8.72. The van der Waals surface area contributed by atoms with E-state index in [9.17, 15) is 14.4 Å². The van der Waals surface area contributed by atoms with Crippen LogP contribution in [0.5, 0.6) is 0 Å². The molecule has 0 spiro atoms. The molecule has 1 rings (SSSR count). The largest absolute Gasteiger partial charge is 0.464 e. The van der Waals surface area contributed by atoms with Gasteiger partial charge in [0.05, 0.1) is 6.61 Å². The van der Waals surface area contributed by atoms with E-state index in [1.807, 2.05) is 0 Å². The highest BCUT2D eigenvalue weighted by Crippen LogP contribution is 2.20. The molecule has 0 aliphatic carbocycles. The highest BCUT2D eigenvalue weighted by atomic mass is 32.2. The number of rotatable bonds is 4. The summed E-state index contributed by atoms with van der Waals surface area (Å²) < 4.78 is 5.09. The van der Waals surface area contributed by atoms with Crippen LogP contribution >= 0.6 is 23.5 Å². The lowest BCUT2D eigenvalue weighted by Crippen LogP contribution is -2.46. The minimum Gasteiger partial charge on any atom is -0.464 e. The van der Waals surface area contributed by atoms with Gasteiger partial charge in [-0.25, -0.2) is 4.79 Å². The third kappa shape index (κ3) is 8.97. The molecular formula is C17H29NO4S2. The average molecular weight is 376 g/mol. The van der Waals surface area contributed by atoms with E-state index >= 15 is 0 Å². The fourth-order valence-corrected chi connectivity index (χ4v) is 4.32. The van der Waals surface area contributed by atoms with Crippen LogP contribution in [0.4, 0.5) is 0 Å². The molecule has 0 aromatic heterocycles. The Morgan fingerprint density at radius 1 is 1.25 bits per heavy atom. The van der Waals surface area contributed by atoms with Crippen molar-refractivity contribution >= 4 is 40.5 Å². The van der Waals surface area contributed by atoms with Crippen molar-refractivity contribution in [3.63, 3.8) is 0 Å². The number of carbonyl (C=O) groups excluding carboxylic acids is 3. The maximum atomic E-state index is 12.6. The van der Waals surface area contributed by atoms with Crippen LogP contribution in [-0.4, -0.2) is 46.9 Å². The Morgan fingerprint density at radius 3 is 2.67 bits per heavy atom. The number of nitrogens with one attached hydrogen (secondary N) is 1. The van der Waals surface area contributed by atoms with Crippen LogP contribution in [0.2, 0.25) is 0 Å². The van der Waals surface area contributed by atoms with E-state index in [4.69, 9.17) is 4.74 Å². The van der Waals surface area contributed by atoms with Crippen molar-refractivity contribution in [2.75, 3.05) is 23.9 Å². The highest BCUT2D eigenvalue weighted by Gasteiger charge is 2.26. The monoisotopic (exact) mass is 375 g/mol. The Morgan fingerprint density at radius 2 is 1.96 bits per heavy atom. The molecule has 2 unspecified atom stereocenters. The van der Waals surface area contributed by atoms with Gasteiger partial charge in [-0.1, -0.05) is 37.4 Å². The summed E-state index contributed by atoms with van der Waals surface area (Å²) in [5, 5.41) is 2.87. The second kappa shape index (κ2) is 12.6. The quantitative estimate of drug-likeness (QED) is 0.762. The predicted octanol–water partition coefficient (Wildman–Crippen LogP) is 3.02. The molecule has 24 heavy (non-hydrogen) atoms. The lowest BCUT2D eigenvalue weighted by atomic mass is 10.0. The van der Waals surface area contributed by atoms with Crippen LogP contribution in [0, 0.1) is 5.92 Å². The minimum absolute atomic E-state index is 0.0169. The van der Waals surface area contributed by atoms with E-state index in [0.717, 1.165) is 31.4 Å². The molecule has 1 aliphatic heterocycles. The number of ether oxygens (including phenoxy) is 1. The second-order valence-corrected chi connectivity index (χ2v) is 8.29. The molecule has 5 nitrogen and oxygen atoms in total. The number of hydrogen-bond acceptors (Lipinski definition) is 6. The Kier molecular flexibility index (Phi) is 11.2. The van der Waals surface area contributed by atoms with Crippen molar-refractivity contribution in [3.8, 4) is 0 Å². The molecule has 0 bridgehead atoms. The summed E-state index contributed by atoms with van der Waals surface area (Å²) in [6, 6.07) is -0.604. The summed E-state index contributed by atoms with van der Waals surface area (Å²) in [5.41, 5.74) is 0. The second-order valence-electron chi connectivity index (χ2n) is 5.94. The fourth-order valence-electron chi connectivity index (χ4n) is 2.54. The Hall–Kier alpha value is -0.690. The molecule has 2 atom stereocenters. The minimum atomic E-state index is -0.604. The van der Waals surface area contributed by atoms with Crippen molar-refractivity contribution < 1.29 is 19.1 Å². The third-order valence-corrected chi connectivity index (χ3v) is 5.99. The highest BCUT2D eigenvalue weighted by molar-refractivity contribution is 8.13. The lowest BCUT2D eigenvalue weighted by molar-refractivity contribution is -0.147. The average Bonchev–Trinajstić information content (AvgIpc) is 2.55. The first-order chi connectivity index (χ1) is 11.5. The molecule has 1 aliphatic rings. The SMILES string of the molecule is CCOC(=O)C1CSCCCCCCCC(CSC(C)=O)C(=O)N1. The first kappa shape index (κ1) is 21.4. The normalized spacial score (nSPS) is 24.0. The Bertz CT molecular complexity index is 417. The zero-order valence-corrected chi connectivity index (χ0v) is 16.3. The summed E-state index contributed by atoms with van der Waals surface area (Å²) in [6.45, 7) is 3.58. The number of amides is 1. The van der Waals surface area contributed by atoms with Gasteiger partial charge in [0.1, 0.15) is 6.04 Å². The van der Waals surface area contributed by atoms with E-state index in [2.05, 4.69) is 5.32 Å². The molecule has 0 saturated carbocycles. The van der Waals surface area contributed by atoms with Crippen molar-refractivity contribution in [2.45, 2.75) is 58.4 Å². The predicted molar refractivity (Wildman–Crippen MR) is 100 cm³/mol. The van der Waals surface area contributed by atoms with Crippen LogP contribution < -0.4 is 5.32 Å². The van der Waals surface area contributed by atoms with E-state index in [0.29, 0.717) is 18.1 Å². The van der Waals surface area contributed by atoms with E-state index in [1.165, 1.54) is 31.5 Å². The van der Waals surface area contributed by atoms with Crippen molar-refractivity contribution in [3.05, 3.63) is 0 Å². The van der Waals surface area contributed by atoms with Crippen molar-refractivity contribution in [1.29, 1.82) is 0 Å². The van der Waals surface area contributed by atoms with Gasteiger partial charge in [0.2, 0.25) is 5.91 Å². The zero-order valence-electron chi connectivity index (χ0n) is 14.7. The molecule has 1 N–H and O–H groups in total.